The molecule has 1 aliphatic carbocycles. The van der Waals surface area contributed by atoms with E-state index in [1.54, 1.807) is 19.1 Å². The Morgan fingerprint density at radius 3 is 2.43 bits per heavy atom. The molecule has 0 atom stereocenters. The lowest BCUT2D eigenvalue weighted by Gasteiger charge is -2.21. The maximum absolute atomic E-state index is 13.3. The second-order valence-electron chi connectivity index (χ2n) is 6.52. The van der Waals surface area contributed by atoms with Gasteiger partial charge in [-0.1, -0.05) is 12.1 Å². The van der Waals surface area contributed by atoms with Crippen molar-refractivity contribution < 1.29 is 23.9 Å². The Morgan fingerprint density at radius 1 is 1.00 bits per heavy atom. The minimum atomic E-state index is -0.622. The van der Waals surface area contributed by atoms with Crippen molar-refractivity contribution in [2.45, 2.75) is 13.8 Å². The molecule has 1 aromatic heterocycles. The van der Waals surface area contributed by atoms with Crippen LogP contribution in [-0.2, 0) is 4.79 Å². The number of benzene rings is 2. The van der Waals surface area contributed by atoms with Crippen LogP contribution in [0.3, 0.4) is 0 Å². The van der Waals surface area contributed by atoms with E-state index in [1.165, 1.54) is 32.2 Å². The summed E-state index contributed by atoms with van der Waals surface area (Å²) in [5.74, 6) is -1.36. The Morgan fingerprint density at radius 2 is 1.75 bits per heavy atom. The number of fused-ring (bicyclic) bond motifs is 4. The first kappa shape index (κ1) is 17.7. The molecule has 140 valence electrons. The molecule has 1 heterocycles. The highest BCUT2D eigenvalue weighted by molar-refractivity contribution is 6.32. The molecular formula is C21H15NO6. The predicted octanol–water partition coefficient (Wildman–Crippen LogP) is 2.55. The number of ketones is 2. The third-order valence-electron chi connectivity index (χ3n) is 4.66. The van der Waals surface area contributed by atoms with Crippen molar-refractivity contribution in [1.29, 1.82) is 0 Å². The summed E-state index contributed by atoms with van der Waals surface area (Å²) in [7, 11) is 1.43. The fourth-order valence-electron chi connectivity index (χ4n) is 3.57. The Hall–Kier alpha value is -3.74. The van der Waals surface area contributed by atoms with Crippen LogP contribution < -0.4 is 15.0 Å². The molecule has 7 nitrogen and oxygen atoms in total. The van der Waals surface area contributed by atoms with Gasteiger partial charge in [0.2, 0.25) is 5.78 Å². The lowest BCUT2D eigenvalue weighted by atomic mass is 9.83. The molecule has 0 radical (unpaired) electrons. The number of methoxy groups -OCH3 is 1. The van der Waals surface area contributed by atoms with Gasteiger partial charge < -0.3 is 14.5 Å². The number of carbonyl (C=O) groups excluding carboxylic acids is 3. The highest BCUT2D eigenvalue weighted by Crippen LogP contribution is 2.38. The van der Waals surface area contributed by atoms with E-state index in [0.717, 1.165) is 5.56 Å². The first-order chi connectivity index (χ1) is 13.3. The highest BCUT2D eigenvalue weighted by atomic mass is 16.5. The monoisotopic (exact) mass is 377 g/mol. The third-order valence-corrected chi connectivity index (χ3v) is 4.66. The number of carbonyl (C=O) groups is 3. The minimum Gasteiger partial charge on any atom is -0.496 e. The quantitative estimate of drug-likeness (QED) is 0.425. The van der Waals surface area contributed by atoms with Crippen molar-refractivity contribution in [2.24, 2.45) is 0 Å². The number of esters is 1. The van der Waals surface area contributed by atoms with Crippen molar-refractivity contribution in [3.8, 4) is 11.5 Å². The van der Waals surface area contributed by atoms with E-state index in [2.05, 4.69) is 4.98 Å². The summed E-state index contributed by atoms with van der Waals surface area (Å²) >= 11 is 0. The van der Waals surface area contributed by atoms with Crippen LogP contribution in [0.4, 0.5) is 0 Å². The Kier molecular flexibility index (Phi) is 3.88. The summed E-state index contributed by atoms with van der Waals surface area (Å²) in [4.78, 5) is 53.0. The van der Waals surface area contributed by atoms with E-state index in [1.807, 2.05) is 0 Å². The molecule has 7 heteroatoms. The Bertz CT molecular complexity index is 1270. The summed E-state index contributed by atoms with van der Waals surface area (Å²) in [5.41, 5.74) is 0.261. The SMILES string of the molecule is COc1cc(C)cc2c(=O)[nH]c3c(c12)C(=O)c1cccc(OC(C)=O)c1C3=O. The molecule has 0 aliphatic heterocycles. The molecule has 3 aromatic rings. The number of aryl methyl sites for hydroxylation is 1. The number of aromatic amines is 1. The van der Waals surface area contributed by atoms with E-state index >= 15 is 0 Å². The van der Waals surface area contributed by atoms with Gasteiger partial charge in [0.1, 0.15) is 17.2 Å². The second kappa shape index (κ2) is 6.16. The summed E-state index contributed by atoms with van der Waals surface area (Å²) in [6.45, 7) is 3.00. The van der Waals surface area contributed by atoms with Crippen LogP contribution in [0, 0.1) is 6.92 Å². The van der Waals surface area contributed by atoms with Crippen LogP contribution in [0.2, 0.25) is 0 Å². The summed E-state index contributed by atoms with van der Waals surface area (Å²) < 4.78 is 10.5. The standard InChI is InChI=1S/C21H15NO6/c1-9-7-12-15(14(8-9)27-3)17-18(22-21(12)26)20(25)16-11(19(17)24)5-4-6-13(16)28-10(2)23/h4-8H,1-3H3,(H,22,26). The van der Waals surface area contributed by atoms with Crippen LogP contribution in [0.1, 0.15) is 44.5 Å². The Labute approximate surface area is 158 Å². The van der Waals surface area contributed by atoms with Gasteiger partial charge in [-0.15, -0.1) is 0 Å². The molecule has 0 unspecified atom stereocenters. The number of rotatable bonds is 2. The lowest BCUT2D eigenvalue weighted by Crippen LogP contribution is -2.27. The number of hydrogen-bond acceptors (Lipinski definition) is 6. The summed E-state index contributed by atoms with van der Waals surface area (Å²) in [6.07, 6.45) is 0. The topological polar surface area (TPSA) is 103 Å². The molecule has 1 N–H and O–H groups in total. The predicted molar refractivity (Wildman–Crippen MR) is 100 cm³/mol. The van der Waals surface area contributed by atoms with Crippen LogP contribution in [-0.4, -0.2) is 29.6 Å². The van der Waals surface area contributed by atoms with Gasteiger partial charge in [-0.2, -0.15) is 0 Å². The third kappa shape index (κ3) is 2.44. The molecule has 2 aromatic carbocycles. The molecule has 0 spiro atoms. The smallest absolute Gasteiger partial charge is 0.308 e. The van der Waals surface area contributed by atoms with Crippen LogP contribution in [0.25, 0.3) is 10.8 Å². The summed E-state index contributed by atoms with van der Waals surface area (Å²) in [5, 5.41) is 0.546. The number of H-pyrrole nitrogens is 1. The number of ether oxygens (including phenoxy) is 2. The summed E-state index contributed by atoms with van der Waals surface area (Å²) in [6, 6.07) is 7.79. The minimum absolute atomic E-state index is 0.0224. The van der Waals surface area contributed by atoms with E-state index in [-0.39, 0.29) is 38.9 Å². The lowest BCUT2D eigenvalue weighted by molar-refractivity contribution is -0.131. The Balaban J connectivity index is 2.11. The highest BCUT2D eigenvalue weighted by Gasteiger charge is 2.36. The van der Waals surface area contributed by atoms with Gasteiger partial charge in [-0.05, 0) is 30.7 Å². The molecular weight excluding hydrogens is 362 g/mol. The largest absolute Gasteiger partial charge is 0.496 e. The van der Waals surface area contributed by atoms with Crippen LogP contribution in [0.5, 0.6) is 11.5 Å². The maximum atomic E-state index is 13.3. The average molecular weight is 377 g/mol. The van der Waals surface area contributed by atoms with E-state index < -0.39 is 23.1 Å². The fraction of sp³-hybridized carbons (Fsp3) is 0.143. The van der Waals surface area contributed by atoms with Crippen LogP contribution in [0.15, 0.2) is 35.1 Å². The van der Waals surface area contributed by atoms with Gasteiger partial charge in [-0.3, -0.25) is 19.2 Å². The first-order valence-electron chi connectivity index (χ1n) is 8.49. The molecule has 0 amide bonds. The zero-order valence-corrected chi connectivity index (χ0v) is 15.3. The van der Waals surface area contributed by atoms with Gasteiger partial charge in [-0.25, -0.2) is 0 Å². The molecule has 0 bridgehead atoms. The zero-order valence-electron chi connectivity index (χ0n) is 15.3. The van der Waals surface area contributed by atoms with Crippen molar-refractivity contribution >= 4 is 28.3 Å². The molecule has 0 saturated carbocycles. The van der Waals surface area contributed by atoms with E-state index in [9.17, 15) is 19.2 Å². The second-order valence-corrected chi connectivity index (χ2v) is 6.52. The fourth-order valence-corrected chi connectivity index (χ4v) is 3.57. The number of nitrogens with one attached hydrogen (secondary N) is 1. The van der Waals surface area contributed by atoms with Gasteiger partial charge in [0, 0.05) is 17.9 Å². The van der Waals surface area contributed by atoms with Crippen LogP contribution >= 0.6 is 0 Å². The van der Waals surface area contributed by atoms with Crippen molar-refractivity contribution in [3.05, 3.63) is 68.6 Å². The van der Waals surface area contributed by atoms with Gasteiger partial charge >= 0.3 is 5.97 Å². The molecule has 28 heavy (non-hydrogen) atoms. The maximum Gasteiger partial charge on any atom is 0.308 e. The van der Waals surface area contributed by atoms with Crippen molar-refractivity contribution in [1.82, 2.24) is 4.98 Å². The van der Waals surface area contributed by atoms with E-state index in [0.29, 0.717) is 5.75 Å². The van der Waals surface area contributed by atoms with Crippen molar-refractivity contribution in [3.63, 3.8) is 0 Å². The average Bonchev–Trinajstić information content (AvgIpc) is 2.65. The van der Waals surface area contributed by atoms with E-state index in [4.69, 9.17) is 9.47 Å². The van der Waals surface area contributed by atoms with Gasteiger partial charge in [0.15, 0.2) is 5.78 Å². The zero-order chi connectivity index (χ0) is 20.2. The molecule has 4 rings (SSSR count). The number of hydrogen-bond donors (Lipinski definition) is 1. The normalized spacial score (nSPS) is 12.5. The number of pyridine rings is 1. The molecule has 0 fully saturated rings. The number of aromatic nitrogens is 1. The van der Waals surface area contributed by atoms with Gasteiger partial charge in [0.05, 0.1) is 23.6 Å². The first-order valence-corrected chi connectivity index (χ1v) is 8.49. The van der Waals surface area contributed by atoms with Crippen molar-refractivity contribution in [2.75, 3.05) is 7.11 Å². The van der Waals surface area contributed by atoms with Gasteiger partial charge in [0.25, 0.3) is 5.56 Å². The molecule has 1 aliphatic rings. The molecule has 0 saturated heterocycles.